The SMILES string of the molecule is O=C1CCC(C(O)[C@H](Cc2ccccc2)N(Cc2ccccc2)Cc2ccccc2)N1. The van der Waals surface area contributed by atoms with Gasteiger partial charge in [0.05, 0.1) is 12.1 Å². The standard InChI is InChI=1S/C27H30N2O2/c30-26-17-16-24(28-26)27(31)25(18-21-10-4-1-5-11-21)29(19-22-12-6-2-7-13-22)20-23-14-8-3-9-15-23/h1-15,24-25,27,31H,16-20H2,(H,28,30)/t24?,25-,27?/m0/s1. The van der Waals surface area contributed by atoms with Crippen LogP contribution in [0.25, 0.3) is 0 Å². The van der Waals surface area contributed by atoms with E-state index in [1.807, 2.05) is 30.3 Å². The van der Waals surface area contributed by atoms with Crippen LogP contribution in [0.4, 0.5) is 0 Å². The van der Waals surface area contributed by atoms with Crippen molar-refractivity contribution >= 4 is 5.91 Å². The molecule has 160 valence electrons. The molecule has 2 N–H and O–H groups in total. The van der Waals surface area contributed by atoms with E-state index >= 15 is 0 Å². The van der Waals surface area contributed by atoms with Crippen LogP contribution in [-0.4, -0.2) is 34.1 Å². The second kappa shape index (κ2) is 10.4. The van der Waals surface area contributed by atoms with Gasteiger partial charge in [0.2, 0.25) is 5.91 Å². The summed E-state index contributed by atoms with van der Waals surface area (Å²) in [6.45, 7) is 1.45. The monoisotopic (exact) mass is 414 g/mol. The molecule has 0 spiro atoms. The number of hydrogen-bond acceptors (Lipinski definition) is 3. The minimum absolute atomic E-state index is 0.0279. The van der Waals surface area contributed by atoms with E-state index in [9.17, 15) is 9.90 Å². The second-order valence-electron chi connectivity index (χ2n) is 8.34. The van der Waals surface area contributed by atoms with Gasteiger partial charge in [0.25, 0.3) is 0 Å². The number of nitrogens with zero attached hydrogens (tertiary/aromatic N) is 1. The summed E-state index contributed by atoms with van der Waals surface area (Å²) >= 11 is 0. The van der Waals surface area contributed by atoms with Gasteiger partial charge < -0.3 is 10.4 Å². The van der Waals surface area contributed by atoms with Crippen molar-refractivity contribution < 1.29 is 9.90 Å². The lowest BCUT2D eigenvalue weighted by atomic mass is 9.93. The Kier molecular flexibility index (Phi) is 7.13. The predicted octanol–water partition coefficient (Wildman–Crippen LogP) is 3.94. The van der Waals surface area contributed by atoms with Crippen LogP contribution < -0.4 is 5.32 Å². The first-order valence-electron chi connectivity index (χ1n) is 11.0. The highest BCUT2D eigenvalue weighted by atomic mass is 16.3. The van der Waals surface area contributed by atoms with Crippen LogP contribution in [-0.2, 0) is 24.3 Å². The zero-order chi connectivity index (χ0) is 21.5. The first-order valence-corrected chi connectivity index (χ1v) is 11.0. The van der Waals surface area contributed by atoms with E-state index in [1.54, 1.807) is 0 Å². The molecule has 1 fully saturated rings. The van der Waals surface area contributed by atoms with Crippen molar-refractivity contribution in [1.29, 1.82) is 0 Å². The highest BCUT2D eigenvalue weighted by molar-refractivity contribution is 5.78. The molecule has 3 aromatic rings. The van der Waals surface area contributed by atoms with Gasteiger partial charge in [0.15, 0.2) is 0 Å². The summed E-state index contributed by atoms with van der Waals surface area (Å²) in [5, 5.41) is 14.4. The van der Waals surface area contributed by atoms with Crippen molar-refractivity contribution in [2.75, 3.05) is 0 Å². The highest BCUT2D eigenvalue weighted by Gasteiger charge is 2.36. The minimum atomic E-state index is -0.654. The Balaban J connectivity index is 1.65. The van der Waals surface area contributed by atoms with Crippen molar-refractivity contribution in [1.82, 2.24) is 10.2 Å². The number of aliphatic hydroxyl groups excluding tert-OH is 1. The fourth-order valence-electron chi connectivity index (χ4n) is 4.41. The third kappa shape index (κ3) is 5.81. The summed E-state index contributed by atoms with van der Waals surface area (Å²) in [7, 11) is 0. The number of carbonyl (C=O) groups excluding carboxylic acids is 1. The smallest absolute Gasteiger partial charge is 0.220 e. The molecule has 4 rings (SSSR count). The van der Waals surface area contributed by atoms with Crippen molar-refractivity contribution in [2.45, 2.75) is 50.5 Å². The summed E-state index contributed by atoms with van der Waals surface area (Å²) < 4.78 is 0. The molecule has 1 aliphatic heterocycles. The molecule has 4 heteroatoms. The third-order valence-corrected chi connectivity index (χ3v) is 6.05. The summed E-state index contributed by atoms with van der Waals surface area (Å²) in [6, 6.07) is 30.7. The molecule has 1 amide bonds. The van der Waals surface area contributed by atoms with Crippen molar-refractivity contribution in [3.05, 3.63) is 108 Å². The van der Waals surface area contributed by atoms with Crippen LogP contribution in [0, 0.1) is 0 Å². The molecular weight excluding hydrogens is 384 g/mol. The number of amides is 1. The molecule has 2 unspecified atom stereocenters. The van der Waals surface area contributed by atoms with E-state index in [1.165, 1.54) is 16.7 Å². The topological polar surface area (TPSA) is 52.6 Å². The van der Waals surface area contributed by atoms with E-state index in [4.69, 9.17) is 0 Å². The normalized spacial score (nSPS) is 18.0. The summed E-state index contributed by atoms with van der Waals surface area (Å²) in [4.78, 5) is 14.2. The van der Waals surface area contributed by atoms with Gasteiger partial charge in [-0.3, -0.25) is 9.69 Å². The zero-order valence-corrected chi connectivity index (χ0v) is 17.7. The Labute approximate surface area is 184 Å². The molecule has 1 heterocycles. The van der Waals surface area contributed by atoms with Crippen LogP contribution in [0.3, 0.4) is 0 Å². The van der Waals surface area contributed by atoms with Crippen LogP contribution in [0.2, 0.25) is 0 Å². The molecule has 0 bridgehead atoms. The van der Waals surface area contributed by atoms with E-state index in [-0.39, 0.29) is 18.0 Å². The number of aliphatic hydroxyl groups is 1. The van der Waals surface area contributed by atoms with Crippen LogP contribution in [0.5, 0.6) is 0 Å². The molecular formula is C27H30N2O2. The van der Waals surface area contributed by atoms with Crippen molar-refractivity contribution in [3.8, 4) is 0 Å². The predicted molar refractivity (Wildman–Crippen MR) is 123 cm³/mol. The number of hydrogen-bond donors (Lipinski definition) is 2. The average Bonchev–Trinajstić information content (AvgIpc) is 3.25. The lowest BCUT2D eigenvalue weighted by Gasteiger charge is -2.37. The first-order chi connectivity index (χ1) is 15.2. The molecule has 3 atom stereocenters. The minimum Gasteiger partial charge on any atom is -0.389 e. The number of benzene rings is 3. The van der Waals surface area contributed by atoms with Crippen molar-refractivity contribution in [3.63, 3.8) is 0 Å². The summed E-state index contributed by atoms with van der Waals surface area (Å²) in [6.07, 6.45) is 1.22. The maximum absolute atomic E-state index is 11.9. The van der Waals surface area contributed by atoms with Gasteiger partial charge in [0, 0.05) is 25.6 Å². The Hall–Kier alpha value is -2.95. The van der Waals surface area contributed by atoms with E-state index in [0.717, 1.165) is 13.1 Å². The number of carbonyl (C=O) groups is 1. The third-order valence-electron chi connectivity index (χ3n) is 6.05. The Morgan fingerprint density at radius 1 is 0.806 bits per heavy atom. The lowest BCUT2D eigenvalue weighted by Crippen LogP contribution is -2.52. The Bertz CT molecular complexity index is 905. The molecule has 0 aromatic heterocycles. The molecule has 3 aromatic carbocycles. The lowest BCUT2D eigenvalue weighted by molar-refractivity contribution is -0.119. The molecule has 0 aliphatic carbocycles. The second-order valence-corrected chi connectivity index (χ2v) is 8.34. The van der Waals surface area contributed by atoms with Crippen molar-refractivity contribution in [2.24, 2.45) is 0 Å². The van der Waals surface area contributed by atoms with Crippen LogP contribution in [0.15, 0.2) is 91.0 Å². The molecule has 0 radical (unpaired) electrons. The maximum Gasteiger partial charge on any atom is 0.220 e. The summed E-state index contributed by atoms with van der Waals surface area (Å²) in [5.74, 6) is 0.0279. The highest BCUT2D eigenvalue weighted by Crippen LogP contribution is 2.23. The van der Waals surface area contributed by atoms with Crippen LogP contribution >= 0.6 is 0 Å². The molecule has 1 saturated heterocycles. The quantitative estimate of drug-likeness (QED) is 0.558. The van der Waals surface area contributed by atoms with Crippen LogP contribution in [0.1, 0.15) is 29.5 Å². The van der Waals surface area contributed by atoms with Gasteiger partial charge in [-0.1, -0.05) is 91.0 Å². The Morgan fingerprint density at radius 3 is 1.74 bits per heavy atom. The first kappa shape index (κ1) is 21.3. The van der Waals surface area contributed by atoms with Gasteiger partial charge in [-0.25, -0.2) is 0 Å². The van der Waals surface area contributed by atoms with Gasteiger partial charge in [-0.05, 0) is 29.5 Å². The zero-order valence-electron chi connectivity index (χ0n) is 17.7. The summed E-state index contributed by atoms with van der Waals surface area (Å²) in [5.41, 5.74) is 3.60. The number of nitrogens with one attached hydrogen (secondary N) is 1. The number of rotatable bonds is 9. The largest absolute Gasteiger partial charge is 0.389 e. The molecule has 4 nitrogen and oxygen atoms in total. The Morgan fingerprint density at radius 2 is 1.29 bits per heavy atom. The maximum atomic E-state index is 11.9. The fraction of sp³-hybridized carbons (Fsp3) is 0.296. The van der Waals surface area contributed by atoms with E-state index in [2.05, 4.69) is 70.9 Å². The van der Waals surface area contributed by atoms with Gasteiger partial charge in [-0.2, -0.15) is 0 Å². The molecule has 0 saturated carbocycles. The van der Waals surface area contributed by atoms with Gasteiger partial charge >= 0.3 is 0 Å². The molecule has 31 heavy (non-hydrogen) atoms. The fourth-order valence-corrected chi connectivity index (χ4v) is 4.41. The van der Waals surface area contributed by atoms with E-state index in [0.29, 0.717) is 19.3 Å². The molecule has 1 aliphatic rings. The average molecular weight is 415 g/mol. The van der Waals surface area contributed by atoms with Gasteiger partial charge in [-0.15, -0.1) is 0 Å². The van der Waals surface area contributed by atoms with E-state index < -0.39 is 6.10 Å². The van der Waals surface area contributed by atoms with Gasteiger partial charge in [0.1, 0.15) is 0 Å².